The van der Waals surface area contributed by atoms with E-state index in [4.69, 9.17) is 9.47 Å². The molecule has 0 radical (unpaired) electrons. The van der Waals surface area contributed by atoms with Crippen molar-refractivity contribution in [1.29, 1.82) is 0 Å². The van der Waals surface area contributed by atoms with Crippen LogP contribution in [-0.2, 0) is 28.7 Å². The van der Waals surface area contributed by atoms with Gasteiger partial charge in [-0.2, -0.15) is 0 Å². The van der Waals surface area contributed by atoms with Gasteiger partial charge >= 0.3 is 11.9 Å². The van der Waals surface area contributed by atoms with Crippen molar-refractivity contribution in [3.63, 3.8) is 0 Å². The molecule has 35 heavy (non-hydrogen) atoms. The van der Waals surface area contributed by atoms with Gasteiger partial charge < -0.3 is 20.1 Å². The summed E-state index contributed by atoms with van der Waals surface area (Å²) in [5.74, 6) is -0.683. The van der Waals surface area contributed by atoms with Gasteiger partial charge in [-0.3, -0.25) is 19.2 Å². The predicted molar refractivity (Wildman–Crippen MR) is 135 cm³/mol. The van der Waals surface area contributed by atoms with Crippen molar-refractivity contribution in [3.05, 3.63) is 24.3 Å². The number of amides is 2. The quantitative estimate of drug-likeness (QED) is 0.149. The molecule has 0 aliphatic heterocycles. The molecule has 2 N–H and O–H groups in total. The highest BCUT2D eigenvalue weighted by molar-refractivity contribution is 5.89. The highest BCUT2D eigenvalue weighted by atomic mass is 16.5. The molecule has 0 aromatic rings. The number of carbonyl (C=O) groups excluding carboxylic acids is 4. The second-order valence-electron chi connectivity index (χ2n) is 9.06. The average molecular weight is 493 g/mol. The lowest BCUT2D eigenvalue weighted by atomic mass is 10.1. The highest BCUT2D eigenvalue weighted by Gasteiger charge is 2.38. The minimum absolute atomic E-state index is 0.00806. The summed E-state index contributed by atoms with van der Waals surface area (Å²) >= 11 is 0. The molecule has 1 aliphatic rings. The first-order valence-corrected chi connectivity index (χ1v) is 13.1. The molecule has 2 amide bonds. The minimum atomic E-state index is -0.227. The van der Waals surface area contributed by atoms with Crippen LogP contribution >= 0.6 is 0 Å². The molecule has 1 saturated carbocycles. The van der Waals surface area contributed by atoms with Gasteiger partial charge in [-0.05, 0) is 57.1 Å². The molecule has 1 unspecified atom stereocenters. The van der Waals surface area contributed by atoms with Gasteiger partial charge in [0.05, 0.1) is 25.3 Å². The number of hydrogen-bond acceptors (Lipinski definition) is 6. The van der Waals surface area contributed by atoms with Gasteiger partial charge in [-0.15, -0.1) is 0 Å². The van der Waals surface area contributed by atoms with Gasteiger partial charge in [-0.25, -0.2) is 0 Å². The second kappa shape index (κ2) is 19.6. The van der Waals surface area contributed by atoms with Crippen LogP contribution in [0.15, 0.2) is 24.3 Å². The lowest BCUT2D eigenvalue weighted by Gasteiger charge is -2.03. The molecule has 0 saturated heterocycles. The van der Waals surface area contributed by atoms with Crippen LogP contribution in [0.25, 0.3) is 0 Å². The molecular weight excluding hydrogens is 448 g/mol. The van der Waals surface area contributed by atoms with Gasteiger partial charge in [0.15, 0.2) is 0 Å². The third-order valence-corrected chi connectivity index (χ3v) is 5.63. The molecule has 1 aliphatic carbocycles. The molecule has 8 nitrogen and oxygen atoms in total. The molecule has 0 heterocycles. The van der Waals surface area contributed by atoms with E-state index in [1.54, 1.807) is 12.2 Å². The third-order valence-electron chi connectivity index (χ3n) is 5.63. The van der Waals surface area contributed by atoms with Gasteiger partial charge in [0.1, 0.15) is 0 Å². The first kappa shape index (κ1) is 30.4. The first-order valence-electron chi connectivity index (χ1n) is 13.1. The van der Waals surface area contributed by atoms with Crippen LogP contribution in [0.2, 0.25) is 0 Å². The minimum Gasteiger partial charge on any atom is -0.466 e. The smallest absolute Gasteiger partial charge is 0.302 e. The van der Waals surface area contributed by atoms with Gasteiger partial charge in [0.25, 0.3) is 0 Å². The highest BCUT2D eigenvalue weighted by Crippen LogP contribution is 2.21. The van der Waals surface area contributed by atoms with Crippen molar-refractivity contribution in [2.75, 3.05) is 13.2 Å². The summed E-state index contributed by atoms with van der Waals surface area (Å²) in [5, 5.41) is 5.84. The van der Waals surface area contributed by atoms with E-state index in [-0.39, 0.29) is 35.8 Å². The maximum Gasteiger partial charge on any atom is 0.302 e. The average Bonchev–Trinajstić information content (AvgIpc) is 3.52. The fourth-order valence-corrected chi connectivity index (χ4v) is 3.58. The Morgan fingerprint density at radius 3 is 1.40 bits per heavy atom. The number of allylic oxidation sites excluding steroid dienone is 2. The van der Waals surface area contributed by atoms with E-state index in [1.807, 2.05) is 12.2 Å². The summed E-state index contributed by atoms with van der Waals surface area (Å²) < 4.78 is 9.79. The summed E-state index contributed by atoms with van der Waals surface area (Å²) in [7, 11) is 0. The molecule has 2 atom stereocenters. The van der Waals surface area contributed by atoms with E-state index < -0.39 is 0 Å². The standard InChI is InChI=1S/C27H44N2O6/c1-22(30)34-19-15-11-7-3-5-9-13-17-26(32)28-24-21-25(24)29-27(33)18-14-10-6-4-8-12-16-20-35-23(2)31/h13-14,17-18,24-25H,3-12,15-16,19-21H2,1-2H3,(H,28,32)(H,29,33)/b17-13+,18-14+/t24-,25?/m0/s1. The van der Waals surface area contributed by atoms with E-state index in [1.165, 1.54) is 13.8 Å². The number of esters is 2. The summed E-state index contributed by atoms with van der Waals surface area (Å²) in [6.07, 6.45) is 19.7. The monoisotopic (exact) mass is 492 g/mol. The Kier molecular flexibility index (Phi) is 17.1. The van der Waals surface area contributed by atoms with Crippen molar-refractivity contribution >= 4 is 23.8 Å². The fourth-order valence-electron chi connectivity index (χ4n) is 3.58. The number of ether oxygens (including phenoxy) is 2. The molecule has 8 heteroatoms. The van der Waals surface area contributed by atoms with Gasteiger partial charge in [0, 0.05) is 13.8 Å². The van der Waals surface area contributed by atoms with Crippen LogP contribution in [0.4, 0.5) is 0 Å². The van der Waals surface area contributed by atoms with E-state index in [0.29, 0.717) is 13.2 Å². The Morgan fingerprint density at radius 2 is 1.00 bits per heavy atom. The molecular formula is C27H44N2O6. The molecule has 198 valence electrons. The lowest BCUT2D eigenvalue weighted by Crippen LogP contribution is -2.33. The summed E-state index contributed by atoms with van der Waals surface area (Å²) in [6.45, 7) is 3.84. The Labute approximate surface area is 210 Å². The number of unbranched alkanes of at least 4 members (excludes halogenated alkanes) is 10. The zero-order valence-electron chi connectivity index (χ0n) is 21.5. The van der Waals surface area contributed by atoms with Crippen molar-refractivity contribution in [2.45, 2.75) is 109 Å². The molecule has 0 spiro atoms. The van der Waals surface area contributed by atoms with E-state index in [9.17, 15) is 19.2 Å². The van der Waals surface area contributed by atoms with Crippen molar-refractivity contribution in [1.82, 2.24) is 10.6 Å². The number of nitrogens with one attached hydrogen (secondary N) is 2. The maximum absolute atomic E-state index is 12.0. The van der Waals surface area contributed by atoms with Crippen molar-refractivity contribution < 1.29 is 28.7 Å². The normalized spacial score (nSPS) is 16.9. The predicted octanol–water partition coefficient (Wildman–Crippen LogP) is 4.28. The Balaban J connectivity index is 1.95. The molecule has 0 aromatic carbocycles. The molecule has 0 bridgehead atoms. The first-order chi connectivity index (χ1) is 16.9. The second-order valence-corrected chi connectivity index (χ2v) is 9.06. The van der Waals surface area contributed by atoms with Crippen LogP contribution in [0.3, 0.4) is 0 Å². The third kappa shape index (κ3) is 19.4. The van der Waals surface area contributed by atoms with E-state index in [2.05, 4.69) is 10.6 Å². The molecule has 1 fully saturated rings. The topological polar surface area (TPSA) is 111 Å². The molecule has 0 aromatic heterocycles. The summed E-state index contributed by atoms with van der Waals surface area (Å²) in [6, 6.07) is 0.0161. The number of hydrogen-bond donors (Lipinski definition) is 2. The van der Waals surface area contributed by atoms with Gasteiger partial charge in [0.2, 0.25) is 11.8 Å². The van der Waals surface area contributed by atoms with E-state index >= 15 is 0 Å². The van der Waals surface area contributed by atoms with Crippen LogP contribution in [0.1, 0.15) is 97.3 Å². The van der Waals surface area contributed by atoms with Crippen LogP contribution < -0.4 is 10.6 Å². The van der Waals surface area contributed by atoms with Crippen molar-refractivity contribution in [3.8, 4) is 0 Å². The van der Waals surface area contributed by atoms with Crippen LogP contribution in [0.5, 0.6) is 0 Å². The van der Waals surface area contributed by atoms with E-state index in [0.717, 1.165) is 83.5 Å². The lowest BCUT2D eigenvalue weighted by molar-refractivity contribution is -0.142. The molecule has 1 rings (SSSR count). The zero-order valence-corrected chi connectivity index (χ0v) is 21.5. The number of carbonyl (C=O) groups is 4. The fraction of sp³-hybridized carbons (Fsp3) is 0.704. The largest absolute Gasteiger partial charge is 0.466 e. The summed E-state index contributed by atoms with van der Waals surface area (Å²) in [4.78, 5) is 45.3. The Morgan fingerprint density at radius 1 is 0.629 bits per heavy atom. The van der Waals surface area contributed by atoms with Crippen LogP contribution in [-0.4, -0.2) is 49.1 Å². The van der Waals surface area contributed by atoms with Crippen LogP contribution in [0, 0.1) is 0 Å². The maximum atomic E-state index is 12.0. The summed E-state index contributed by atoms with van der Waals surface area (Å²) in [5.41, 5.74) is 0. The zero-order chi connectivity index (χ0) is 25.7. The Hall–Kier alpha value is -2.64. The number of rotatable bonds is 20. The Bertz CT molecular complexity index is 646. The van der Waals surface area contributed by atoms with Crippen molar-refractivity contribution in [2.24, 2.45) is 0 Å². The SMILES string of the molecule is CC(=O)OCCCCCCC/C=C/C(=O)NC1C[C@@H]1NC(=O)/C=C/CCCCCCCOC(C)=O. The van der Waals surface area contributed by atoms with Gasteiger partial charge in [-0.1, -0.05) is 50.7 Å².